The number of carbonyl (C=O) groups is 1. The summed E-state index contributed by atoms with van der Waals surface area (Å²) < 4.78 is 11.4. The number of carbonyl (C=O) groups excluding carboxylic acids is 1. The molecule has 126 valence electrons. The summed E-state index contributed by atoms with van der Waals surface area (Å²) >= 11 is 0. The minimum absolute atomic E-state index is 0.0870. The van der Waals surface area contributed by atoms with Gasteiger partial charge >= 0.3 is 0 Å². The maximum atomic E-state index is 11.9. The van der Waals surface area contributed by atoms with E-state index in [-0.39, 0.29) is 12.5 Å². The smallest absolute Gasteiger partial charge is 0.248 e. The quantitative estimate of drug-likeness (QED) is 0.783. The van der Waals surface area contributed by atoms with Gasteiger partial charge < -0.3 is 14.4 Å². The van der Waals surface area contributed by atoms with Crippen LogP contribution in [0.5, 0.6) is 5.75 Å². The topological polar surface area (TPSA) is 38.8 Å². The standard InChI is InChI=1S/C20H23NO3/c22-20(21-11-4-5-12-21)16-23-14-18-9-6-10-19(13-18)24-15-17-7-2-1-3-8-17/h1-3,6-10,13H,4-5,11-12,14-16H2. The van der Waals surface area contributed by atoms with Crippen LogP contribution >= 0.6 is 0 Å². The van der Waals surface area contributed by atoms with E-state index < -0.39 is 0 Å². The fourth-order valence-corrected chi connectivity index (χ4v) is 2.78. The first kappa shape index (κ1) is 16.5. The third-order valence-electron chi connectivity index (χ3n) is 4.10. The van der Waals surface area contributed by atoms with Gasteiger partial charge in [-0.3, -0.25) is 4.79 Å². The predicted molar refractivity (Wildman–Crippen MR) is 92.7 cm³/mol. The highest BCUT2D eigenvalue weighted by molar-refractivity contribution is 5.77. The second kappa shape index (κ2) is 8.50. The second-order valence-electron chi connectivity index (χ2n) is 6.00. The molecule has 0 bridgehead atoms. The molecular formula is C20H23NO3. The molecule has 0 aliphatic carbocycles. The lowest BCUT2D eigenvalue weighted by molar-refractivity contribution is -0.135. The molecule has 2 aromatic rings. The van der Waals surface area contributed by atoms with Gasteiger partial charge in [0.15, 0.2) is 0 Å². The van der Waals surface area contributed by atoms with E-state index >= 15 is 0 Å². The van der Waals surface area contributed by atoms with E-state index in [4.69, 9.17) is 9.47 Å². The van der Waals surface area contributed by atoms with Crippen molar-refractivity contribution in [2.75, 3.05) is 19.7 Å². The van der Waals surface area contributed by atoms with Crippen molar-refractivity contribution in [1.82, 2.24) is 4.90 Å². The zero-order valence-electron chi connectivity index (χ0n) is 13.8. The number of rotatable bonds is 7. The highest BCUT2D eigenvalue weighted by atomic mass is 16.5. The normalized spacial score (nSPS) is 13.9. The van der Waals surface area contributed by atoms with Crippen molar-refractivity contribution in [3.05, 3.63) is 65.7 Å². The van der Waals surface area contributed by atoms with Crippen LogP contribution in [0.15, 0.2) is 54.6 Å². The molecule has 1 heterocycles. The summed E-state index contributed by atoms with van der Waals surface area (Å²) in [5, 5.41) is 0. The molecule has 24 heavy (non-hydrogen) atoms. The molecule has 3 rings (SSSR count). The van der Waals surface area contributed by atoms with E-state index in [0.29, 0.717) is 13.2 Å². The van der Waals surface area contributed by atoms with Gasteiger partial charge in [-0.15, -0.1) is 0 Å². The van der Waals surface area contributed by atoms with Crippen LogP contribution in [0, 0.1) is 0 Å². The van der Waals surface area contributed by atoms with Gasteiger partial charge in [0.2, 0.25) is 5.91 Å². The van der Waals surface area contributed by atoms with Crippen LogP contribution in [0.4, 0.5) is 0 Å². The Labute approximate surface area is 143 Å². The molecule has 0 unspecified atom stereocenters. The summed E-state index contributed by atoms with van der Waals surface area (Å²) in [7, 11) is 0. The van der Waals surface area contributed by atoms with E-state index in [9.17, 15) is 4.79 Å². The van der Waals surface area contributed by atoms with Gasteiger partial charge in [0.05, 0.1) is 6.61 Å². The molecule has 1 amide bonds. The van der Waals surface area contributed by atoms with Crippen molar-refractivity contribution >= 4 is 5.91 Å². The maximum absolute atomic E-state index is 11.9. The SMILES string of the molecule is O=C(COCc1cccc(OCc2ccccc2)c1)N1CCCC1. The van der Waals surface area contributed by atoms with Crippen LogP contribution in [-0.4, -0.2) is 30.5 Å². The summed E-state index contributed by atoms with van der Waals surface area (Å²) in [5.41, 5.74) is 2.14. The molecular weight excluding hydrogens is 302 g/mol. The number of amides is 1. The molecule has 0 N–H and O–H groups in total. The first-order valence-electron chi connectivity index (χ1n) is 8.42. The van der Waals surface area contributed by atoms with Crippen molar-refractivity contribution in [2.45, 2.75) is 26.1 Å². The Morgan fingerprint density at radius 3 is 2.46 bits per heavy atom. The molecule has 0 radical (unpaired) electrons. The minimum Gasteiger partial charge on any atom is -0.489 e. The van der Waals surface area contributed by atoms with Crippen molar-refractivity contribution in [3.8, 4) is 5.75 Å². The van der Waals surface area contributed by atoms with Crippen molar-refractivity contribution in [2.24, 2.45) is 0 Å². The number of benzene rings is 2. The van der Waals surface area contributed by atoms with E-state index in [1.165, 1.54) is 0 Å². The lowest BCUT2D eigenvalue weighted by atomic mass is 10.2. The van der Waals surface area contributed by atoms with Crippen LogP contribution in [0.3, 0.4) is 0 Å². The predicted octanol–water partition coefficient (Wildman–Crippen LogP) is 3.40. The zero-order chi connectivity index (χ0) is 16.6. The van der Waals surface area contributed by atoms with Crippen LogP contribution in [-0.2, 0) is 22.7 Å². The molecule has 0 spiro atoms. The van der Waals surface area contributed by atoms with Crippen molar-refractivity contribution < 1.29 is 14.3 Å². The Hall–Kier alpha value is -2.33. The Bertz CT molecular complexity index is 651. The summed E-state index contributed by atoms with van der Waals surface area (Å²) in [6.45, 7) is 2.84. The number of nitrogens with zero attached hydrogens (tertiary/aromatic N) is 1. The van der Waals surface area contributed by atoms with Gasteiger partial charge in [0, 0.05) is 13.1 Å². The molecule has 1 saturated heterocycles. The maximum Gasteiger partial charge on any atom is 0.248 e. The molecule has 0 saturated carbocycles. The average Bonchev–Trinajstić information content (AvgIpc) is 3.16. The van der Waals surface area contributed by atoms with Gasteiger partial charge in [-0.25, -0.2) is 0 Å². The van der Waals surface area contributed by atoms with Crippen LogP contribution in [0.2, 0.25) is 0 Å². The average molecular weight is 325 g/mol. The lowest BCUT2D eigenvalue weighted by Gasteiger charge is -2.15. The Balaban J connectivity index is 1.45. The van der Waals surface area contributed by atoms with E-state index in [0.717, 1.165) is 42.8 Å². The third-order valence-corrected chi connectivity index (χ3v) is 4.10. The van der Waals surface area contributed by atoms with E-state index in [2.05, 4.69) is 0 Å². The van der Waals surface area contributed by atoms with Gasteiger partial charge in [0.1, 0.15) is 19.0 Å². The third kappa shape index (κ3) is 4.83. The van der Waals surface area contributed by atoms with E-state index in [1.54, 1.807) is 0 Å². The lowest BCUT2D eigenvalue weighted by Crippen LogP contribution is -2.31. The first-order chi connectivity index (χ1) is 11.8. The summed E-state index contributed by atoms with van der Waals surface area (Å²) in [6, 6.07) is 17.9. The highest BCUT2D eigenvalue weighted by Gasteiger charge is 2.17. The second-order valence-corrected chi connectivity index (χ2v) is 6.00. The molecule has 0 aromatic heterocycles. The van der Waals surface area contributed by atoms with Gasteiger partial charge in [0.25, 0.3) is 0 Å². The Morgan fingerprint density at radius 1 is 0.917 bits per heavy atom. The number of hydrogen-bond acceptors (Lipinski definition) is 3. The summed E-state index contributed by atoms with van der Waals surface area (Å²) in [6.07, 6.45) is 2.21. The molecule has 4 heteroatoms. The zero-order valence-corrected chi connectivity index (χ0v) is 13.8. The molecule has 1 aliphatic heterocycles. The molecule has 4 nitrogen and oxygen atoms in total. The van der Waals surface area contributed by atoms with Gasteiger partial charge in [-0.05, 0) is 36.1 Å². The molecule has 2 aromatic carbocycles. The highest BCUT2D eigenvalue weighted by Crippen LogP contribution is 2.16. The van der Waals surface area contributed by atoms with Gasteiger partial charge in [-0.1, -0.05) is 42.5 Å². The minimum atomic E-state index is 0.0870. The Morgan fingerprint density at radius 2 is 1.67 bits per heavy atom. The van der Waals surface area contributed by atoms with Crippen molar-refractivity contribution in [1.29, 1.82) is 0 Å². The fraction of sp³-hybridized carbons (Fsp3) is 0.350. The number of ether oxygens (including phenoxy) is 2. The monoisotopic (exact) mass is 325 g/mol. The van der Waals surface area contributed by atoms with E-state index in [1.807, 2.05) is 59.5 Å². The largest absolute Gasteiger partial charge is 0.489 e. The molecule has 1 aliphatic rings. The number of likely N-dealkylation sites (tertiary alicyclic amines) is 1. The summed E-state index contributed by atoms with van der Waals surface area (Å²) in [5.74, 6) is 0.898. The van der Waals surface area contributed by atoms with Crippen LogP contribution < -0.4 is 4.74 Å². The summed E-state index contributed by atoms with van der Waals surface area (Å²) in [4.78, 5) is 13.8. The van der Waals surface area contributed by atoms with Crippen molar-refractivity contribution in [3.63, 3.8) is 0 Å². The van der Waals surface area contributed by atoms with Crippen LogP contribution in [0.25, 0.3) is 0 Å². The fourth-order valence-electron chi connectivity index (χ4n) is 2.78. The first-order valence-corrected chi connectivity index (χ1v) is 8.42. The van der Waals surface area contributed by atoms with Gasteiger partial charge in [-0.2, -0.15) is 0 Å². The Kier molecular flexibility index (Phi) is 5.85. The molecule has 0 atom stereocenters. The molecule has 1 fully saturated rings. The number of hydrogen-bond donors (Lipinski definition) is 0. The van der Waals surface area contributed by atoms with Crippen LogP contribution in [0.1, 0.15) is 24.0 Å².